The Morgan fingerprint density at radius 1 is 1.64 bits per heavy atom. The molecule has 0 aromatic rings. The van der Waals surface area contributed by atoms with Crippen LogP contribution in [-0.2, 0) is 9.53 Å². The van der Waals surface area contributed by atoms with Crippen LogP contribution in [0.1, 0.15) is 40.4 Å². The third-order valence-electron chi connectivity index (χ3n) is 2.06. The summed E-state index contributed by atoms with van der Waals surface area (Å²) in [6.07, 6.45) is 3.74. The van der Waals surface area contributed by atoms with Crippen LogP contribution in [0.3, 0.4) is 0 Å². The molecular weight excluding hydrogens is 140 g/mol. The van der Waals surface area contributed by atoms with E-state index in [1.807, 2.05) is 0 Å². The minimum absolute atomic E-state index is 0.254. The van der Waals surface area contributed by atoms with Crippen LogP contribution in [0.15, 0.2) is 0 Å². The van der Waals surface area contributed by atoms with Crippen molar-refractivity contribution >= 4 is 5.97 Å². The Hall–Kier alpha value is -0.530. The van der Waals surface area contributed by atoms with Gasteiger partial charge in [0.15, 0.2) is 0 Å². The molecule has 11 heavy (non-hydrogen) atoms. The fourth-order valence-corrected chi connectivity index (χ4v) is 1.51. The van der Waals surface area contributed by atoms with Crippen molar-refractivity contribution in [3.05, 3.63) is 0 Å². The zero-order chi connectivity index (χ0) is 8.97. The Morgan fingerprint density at radius 2 is 2.27 bits per heavy atom. The van der Waals surface area contributed by atoms with Gasteiger partial charge in [0, 0.05) is 7.77 Å². The Balaban J connectivity index is 2.34. The lowest BCUT2D eigenvalue weighted by Crippen LogP contribution is -2.08. The van der Waals surface area contributed by atoms with Crippen molar-refractivity contribution in [3.8, 4) is 0 Å². The van der Waals surface area contributed by atoms with E-state index in [4.69, 9.17) is 6.11 Å². The van der Waals surface area contributed by atoms with Crippen LogP contribution in [0.4, 0.5) is 0 Å². The van der Waals surface area contributed by atoms with Gasteiger partial charge in [0.05, 0.1) is 6.61 Å². The largest absolute Gasteiger partial charge is 0.466 e. The van der Waals surface area contributed by atoms with Gasteiger partial charge in [-0.2, -0.15) is 0 Å². The highest BCUT2D eigenvalue weighted by atomic mass is 16.5. The van der Waals surface area contributed by atoms with Gasteiger partial charge in [0.1, 0.15) is 0 Å². The average Bonchev–Trinajstić information content (AvgIpc) is 2.55. The van der Waals surface area contributed by atoms with Gasteiger partial charge in [-0.15, -0.1) is 0 Å². The van der Waals surface area contributed by atoms with E-state index in [2.05, 4.69) is 0 Å². The lowest BCUT2D eigenvalue weighted by molar-refractivity contribution is -0.144. The van der Waals surface area contributed by atoms with Crippen LogP contribution in [0, 0.1) is 5.92 Å². The molecule has 64 valence electrons. The van der Waals surface area contributed by atoms with E-state index >= 15 is 0 Å². The Labute approximate surface area is 69.3 Å². The van der Waals surface area contributed by atoms with Crippen LogP contribution in [-0.4, -0.2) is 12.6 Å². The average molecular weight is 157 g/mol. The molecule has 0 radical (unpaired) electrons. The van der Waals surface area contributed by atoms with Crippen LogP contribution in [0.25, 0.3) is 0 Å². The summed E-state index contributed by atoms with van der Waals surface area (Å²) in [5.41, 5.74) is 0. The smallest absolute Gasteiger partial charge is 0.306 e. The fourth-order valence-electron chi connectivity index (χ4n) is 1.51. The van der Waals surface area contributed by atoms with Gasteiger partial charge in [-0.1, -0.05) is 12.8 Å². The zero-order valence-corrected chi connectivity index (χ0v) is 7.01. The number of ether oxygens (including phenoxy) is 1. The number of carbonyl (C=O) groups excluding carboxylic acids is 1. The first-order valence-electron chi connectivity index (χ1n) is 4.92. The lowest BCUT2D eigenvalue weighted by Gasteiger charge is -2.06. The van der Waals surface area contributed by atoms with Crippen LogP contribution in [0.2, 0.25) is 0 Å². The summed E-state index contributed by atoms with van der Waals surface area (Å²) in [5, 5.41) is 0. The lowest BCUT2D eigenvalue weighted by atomic mass is 10.1. The first-order valence-corrected chi connectivity index (χ1v) is 4.34. The molecule has 0 aromatic carbocycles. The normalized spacial score (nSPS) is 22.8. The fraction of sp³-hybridized carbons (Fsp3) is 0.889. The van der Waals surface area contributed by atoms with Crippen molar-refractivity contribution in [3.63, 3.8) is 0 Å². The first-order chi connectivity index (χ1) is 5.75. The molecule has 1 saturated carbocycles. The second kappa shape index (κ2) is 4.37. The van der Waals surface area contributed by atoms with Crippen molar-refractivity contribution in [2.75, 3.05) is 6.61 Å². The van der Waals surface area contributed by atoms with Gasteiger partial charge in [-0.25, -0.2) is 0 Å². The topological polar surface area (TPSA) is 26.3 Å². The monoisotopic (exact) mass is 157 g/mol. The van der Waals surface area contributed by atoms with Crippen LogP contribution >= 0.6 is 0 Å². The summed E-state index contributed by atoms with van der Waals surface area (Å²) >= 11 is 0. The van der Waals surface area contributed by atoms with E-state index in [0.29, 0.717) is 6.61 Å². The summed E-state index contributed by atoms with van der Waals surface area (Å²) in [7, 11) is 0. The van der Waals surface area contributed by atoms with Crippen molar-refractivity contribution in [2.45, 2.75) is 39.0 Å². The molecule has 0 N–H and O–H groups in total. The standard InChI is InChI=1S/C9H16O2/c1-2-11-9(10)7-8-5-3-4-6-8/h8H,2-7H2,1H3/i7D. The van der Waals surface area contributed by atoms with Gasteiger partial charge in [0.2, 0.25) is 0 Å². The van der Waals surface area contributed by atoms with Gasteiger partial charge in [0.25, 0.3) is 0 Å². The predicted octanol–water partition coefficient (Wildman–Crippen LogP) is 2.13. The maximum Gasteiger partial charge on any atom is 0.306 e. The highest BCUT2D eigenvalue weighted by Crippen LogP contribution is 2.27. The maximum atomic E-state index is 11.1. The molecule has 2 nitrogen and oxygen atoms in total. The molecule has 0 saturated heterocycles. The van der Waals surface area contributed by atoms with E-state index < -0.39 is 6.40 Å². The van der Waals surface area contributed by atoms with E-state index in [0.717, 1.165) is 12.8 Å². The summed E-state index contributed by atoms with van der Waals surface area (Å²) in [6.45, 7) is 2.17. The molecule has 2 heteroatoms. The zero-order valence-electron chi connectivity index (χ0n) is 8.01. The Kier molecular flexibility index (Phi) is 2.83. The molecule has 1 unspecified atom stereocenters. The third kappa shape index (κ3) is 2.91. The van der Waals surface area contributed by atoms with Gasteiger partial charge < -0.3 is 4.74 Å². The quantitative estimate of drug-likeness (QED) is 0.587. The summed E-state index contributed by atoms with van der Waals surface area (Å²) in [4.78, 5) is 11.1. The van der Waals surface area contributed by atoms with Crippen molar-refractivity contribution in [2.24, 2.45) is 5.92 Å². The number of rotatable bonds is 3. The molecule has 1 rings (SSSR count). The number of esters is 1. The van der Waals surface area contributed by atoms with Crippen molar-refractivity contribution < 1.29 is 10.9 Å². The van der Waals surface area contributed by atoms with Crippen molar-refractivity contribution in [1.29, 1.82) is 0 Å². The molecular formula is C9H16O2. The van der Waals surface area contributed by atoms with Crippen LogP contribution in [0.5, 0.6) is 0 Å². The highest BCUT2D eigenvalue weighted by molar-refractivity contribution is 5.69. The number of hydrogen-bond donors (Lipinski definition) is 0. The summed E-state index contributed by atoms with van der Waals surface area (Å²) in [5.74, 6) is -0.0894. The molecule has 0 bridgehead atoms. The predicted molar refractivity (Wildman–Crippen MR) is 43.2 cm³/mol. The molecule has 1 aliphatic carbocycles. The molecule has 0 heterocycles. The van der Waals surface area contributed by atoms with E-state index in [-0.39, 0.29) is 11.9 Å². The molecule has 0 aliphatic heterocycles. The number of carbonyl (C=O) groups is 1. The maximum absolute atomic E-state index is 11.1. The first kappa shape index (κ1) is 7.14. The molecule has 0 amide bonds. The van der Waals surface area contributed by atoms with Gasteiger partial charge in [-0.3, -0.25) is 4.79 Å². The minimum atomic E-state index is -0.632. The molecule has 0 aromatic heterocycles. The Bertz CT molecular complexity index is 153. The molecule has 1 atom stereocenters. The van der Waals surface area contributed by atoms with Crippen molar-refractivity contribution in [1.82, 2.24) is 0 Å². The summed E-state index contributed by atoms with van der Waals surface area (Å²) in [6, 6.07) is 0. The van der Waals surface area contributed by atoms with Gasteiger partial charge >= 0.3 is 5.97 Å². The number of hydrogen-bond acceptors (Lipinski definition) is 2. The van der Waals surface area contributed by atoms with E-state index in [9.17, 15) is 4.79 Å². The molecule has 0 spiro atoms. The van der Waals surface area contributed by atoms with E-state index in [1.165, 1.54) is 12.8 Å². The van der Waals surface area contributed by atoms with E-state index in [1.54, 1.807) is 6.92 Å². The SMILES string of the molecule is [2H]C(C(=O)OCC)C1CCCC1. The molecule has 1 fully saturated rings. The minimum Gasteiger partial charge on any atom is -0.466 e. The van der Waals surface area contributed by atoms with Crippen LogP contribution < -0.4 is 0 Å². The highest BCUT2D eigenvalue weighted by Gasteiger charge is 2.18. The second-order valence-electron chi connectivity index (χ2n) is 2.96. The Morgan fingerprint density at radius 3 is 2.82 bits per heavy atom. The summed E-state index contributed by atoms with van der Waals surface area (Å²) < 4.78 is 12.4. The third-order valence-corrected chi connectivity index (χ3v) is 2.06. The second-order valence-corrected chi connectivity index (χ2v) is 2.96. The van der Waals surface area contributed by atoms with Gasteiger partial charge in [-0.05, 0) is 25.7 Å². The molecule has 1 aliphatic rings.